The minimum atomic E-state index is -1.10. The summed E-state index contributed by atoms with van der Waals surface area (Å²) in [7, 11) is 0. The van der Waals surface area contributed by atoms with Gasteiger partial charge in [0.1, 0.15) is 17.7 Å². The highest BCUT2D eigenvalue weighted by molar-refractivity contribution is 5.90. The van der Waals surface area contributed by atoms with Crippen molar-refractivity contribution < 1.29 is 29.2 Å². The van der Waals surface area contributed by atoms with Crippen LogP contribution in [0.2, 0.25) is 0 Å². The number of carbonyl (C=O) groups excluding carboxylic acids is 2. The summed E-state index contributed by atoms with van der Waals surface area (Å²) in [6.07, 6.45) is 0.139. The number of rotatable bonds is 6. The van der Waals surface area contributed by atoms with Crippen molar-refractivity contribution in [3.05, 3.63) is 39.9 Å². The molecule has 2 rings (SSSR count). The predicted molar refractivity (Wildman–Crippen MR) is 102 cm³/mol. The lowest BCUT2D eigenvalue weighted by Crippen LogP contribution is -2.53. The van der Waals surface area contributed by atoms with Crippen LogP contribution in [0.3, 0.4) is 0 Å². The summed E-state index contributed by atoms with van der Waals surface area (Å²) < 4.78 is 5.22. The summed E-state index contributed by atoms with van der Waals surface area (Å²) in [4.78, 5) is 48.2. The second-order valence-corrected chi connectivity index (χ2v) is 7.85. The quantitative estimate of drug-likeness (QED) is 0.544. The fourth-order valence-electron chi connectivity index (χ4n) is 3.13. The molecule has 1 aromatic rings. The first kappa shape index (κ1) is 22.1. The molecule has 2 N–H and O–H groups in total. The third kappa shape index (κ3) is 6.16. The molecule has 1 aliphatic heterocycles. The zero-order chi connectivity index (χ0) is 21.8. The number of nitrogens with zero attached hydrogens (tertiary/aromatic N) is 2. The number of carbonyl (C=O) groups is 3. The number of nitro benzene ring substituents is 1. The molecule has 158 valence electrons. The van der Waals surface area contributed by atoms with Gasteiger partial charge in [-0.2, -0.15) is 0 Å². The highest BCUT2D eigenvalue weighted by Gasteiger charge is 2.38. The molecule has 0 aromatic heterocycles. The minimum Gasteiger partial charge on any atom is -0.480 e. The third-order valence-corrected chi connectivity index (χ3v) is 4.40. The maximum absolute atomic E-state index is 13.0. The Morgan fingerprint density at radius 1 is 1.31 bits per heavy atom. The van der Waals surface area contributed by atoms with Crippen LogP contribution in [0.25, 0.3) is 0 Å². The molecular weight excluding hydrogens is 382 g/mol. The Kier molecular flexibility index (Phi) is 6.78. The lowest BCUT2D eigenvalue weighted by Gasteiger charge is -2.28. The summed E-state index contributed by atoms with van der Waals surface area (Å²) in [6.45, 7) is 5.32. The van der Waals surface area contributed by atoms with Crippen LogP contribution in [-0.2, 0) is 20.7 Å². The first-order valence-electron chi connectivity index (χ1n) is 9.24. The highest BCUT2D eigenvalue weighted by atomic mass is 16.6. The molecule has 0 aliphatic carbocycles. The maximum Gasteiger partial charge on any atom is 0.408 e. The molecule has 1 aromatic carbocycles. The molecule has 1 fully saturated rings. The van der Waals surface area contributed by atoms with Gasteiger partial charge >= 0.3 is 12.1 Å². The smallest absolute Gasteiger partial charge is 0.408 e. The number of ether oxygens (including phenoxy) is 1. The largest absolute Gasteiger partial charge is 0.480 e. The average Bonchev–Trinajstić information content (AvgIpc) is 3.09. The van der Waals surface area contributed by atoms with Gasteiger partial charge in [0.15, 0.2) is 0 Å². The Hall–Kier alpha value is -3.17. The molecular formula is C19H25N3O7. The lowest BCUT2D eigenvalue weighted by molar-refractivity contribution is -0.384. The normalized spacial score (nSPS) is 17.5. The van der Waals surface area contributed by atoms with Gasteiger partial charge in [0.2, 0.25) is 5.91 Å². The summed E-state index contributed by atoms with van der Waals surface area (Å²) in [5, 5.41) is 22.7. The number of carboxylic acid groups (broad SMARTS) is 1. The number of non-ortho nitro benzene ring substituents is 1. The Bertz CT molecular complexity index is 786. The number of amides is 2. The Labute approximate surface area is 168 Å². The van der Waals surface area contributed by atoms with E-state index in [1.54, 1.807) is 20.8 Å². The molecule has 0 bridgehead atoms. The average molecular weight is 407 g/mol. The number of likely N-dealkylation sites (tertiary alicyclic amines) is 1. The van der Waals surface area contributed by atoms with E-state index in [9.17, 15) is 29.6 Å². The van der Waals surface area contributed by atoms with E-state index in [4.69, 9.17) is 4.74 Å². The fourth-order valence-corrected chi connectivity index (χ4v) is 3.13. The third-order valence-electron chi connectivity index (χ3n) is 4.40. The van der Waals surface area contributed by atoms with Gasteiger partial charge in [0, 0.05) is 25.1 Å². The highest BCUT2D eigenvalue weighted by Crippen LogP contribution is 2.21. The first-order valence-corrected chi connectivity index (χ1v) is 9.24. The molecule has 2 amide bonds. The van der Waals surface area contributed by atoms with Gasteiger partial charge in [0.05, 0.1) is 4.92 Å². The van der Waals surface area contributed by atoms with E-state index < -0.39 is 40.6 Å². The number of benzene rings is 1. The van der Waals surface area contributed by atoms with Crippen molar-refractivity contribution in [1.29, 1.82) is 0 Å². The fraction of sp³-hybridized carbons (Fsp3) is 0.526. The van der Waals surface area contributed by atoms with Crippen LogP contribution < -0.4 is 5.32 Å². The van der Waals surface area contributed by atoms with E-state index in [-0.39, 0.29) is 18.7 Å². The van der Waals surface area contributed by atoms with Crippen LogP contribution in [0.4, 0.5) is 10.5 Å². The molecule has 1 saturated heterocycles. The van der Waals surface area contributed by atoms with Crippen molar-refractivity contribution in [1.82, 2.24) is 10.2 Å². The van der Waals surface area contributed by atoms with Crippen LogP contribution in [0, 0.1) is 10.1 Å². The monoisotopic (exact) mass is 407 g/mol. The molecule has 1 aliphatic rings. The number of nitro groups is 1. The van der Waals surface area contributed by atoms with E-state index >= 15 is 0 Å². The van der Waals surface area contributed by atoms with Gasteiger partial charge in [-0.3, -0.25) is 14.9 Å². The van der Waals surface area contributed by atoms with Crippen LogP contribution in [0.5, 0.6) is 0 Å². The van der Waals surface area contributed by atoms with Crippen LogP contribution in [0.1, 0.15) is 39.2 Å². The van der Waals surface area contributed by atoms with E-state index in [0.29, 0.717) is 18.4 Å². The SMILES string of the molecule is CC(C)(C)OC(=O)N[C@@H](Cc1ccc([N+](=O)[O-])cc1)C(=O)N1CCC[C@H]1C(=O)O. The van der Waals surface area contributed by atoms with Crippen LogP contribution >= 0.6 is 0 Å². The summed E-state index contributed by atoms with van der Waals surface area (Å²) in [5.74, 6) is -1.62. The van der Waals surface area contributed by atoms with Crippen LogP contribution in [-0.4, -0.2) is 57.1 Å². The first-order chi connectivity index (χ1) is 13.5. The Morgan fingerprint density at radius 2 is 1.93 bits per heavy atom. The summed E-state index contributed by atoms with van der Waals surface area (Å²) >= 11 is 0. The Balaban J connectivity index is 2.22. The summed E-state index contributed by atoms with van der Waals surface area (Å²) in [6, 6.07) is 3.59. The summed E-state index contributed by atoms with van der Waals surface area (Å²) in [5.41, 5.74) is -0.291. The van der Waals surface area contributed by atoms with Gasteiger partial charge in [-0.25, -0.2) is 9.59 Å². The standard InChI is InChI=1S/C19H25N3O7/c1-19(2,3)29-18(26)20-14(11-12-6-8-13(9-7-12)22(27)28)16(23)21-10-4-5-15(21)17(24)25/h6-9,14-15H,4-5,10-11H2,1-3H3,(H,20,26)(H,24,25)/t14-,15-/m0/s1. The van der Waals surface area contributed by atoms with Crippen LogP contribution in [0.15, 0.2) is 24.3 Å². The number of alkyl carbamates (subject to hydrolysis) is 1. The molecule has 1 heterocycles. The van der Waals surface area contributed by atoms with Gasteiger partial charge in [0.25, 0.3) is 5.69 Å². The number of hydrogen-bond acceptors (Lipinski definition) is 6. The van der Waals surface area contributed by atoms with Gasteiger partial charge in [-0.05, 0) is 39.2 Å². The zero-order valence-corrected chi connectivity index (χ0v) is 16.6. The molecule has 0 unspecified atom stereocenters. The maximum atomic E-state index is 13.0. The van der Waals surface area contributed by atoms with Crippen molar-refractivity contribution in [2.75, 3.05) is 6.54 Å². The van der Waals surface area contributed by atoms with Gasteiger partial charge < -0.3 is 20.1 Å². The number of carboxylic acids is 1. The molecule has 29 heavy (non-hydrogen) atoms. The molecule has 2 atom stereocenters. The van der Waals surface area contributed by atoms with E-state index in [1.165, 1.54) is 29.2 Å². The molecule has 0 radical (unpaired) electrons. The van der Waals surface area contributed by atoms with Gasteiger partial charge in [-0.1, -0.05) is 12.1 Å². The topological polar surface area (TPSA) is 139 Å². The Morgan fingerprint density at radius 3 is 2.45 bits per heavy atom. The van der Waals surface area contributed by atoms with Crippen molar-refractivity contribution in [3.63, 3.8) is 0 Å². The number of aliphatic carboxylic acids is 1. The van der Waals surface area contributed by atoms with E-state index in [0.717, 1.165) is 0 Å². The van der Waals surface area contributed by atoms with E-state index in [2.05, 4.69) is 5.32 Å². The lowest BCUT2D eigenvalue weighted by atomic mass is 10.0. The van der Waals surface area contributed by atoms with Crippen molar-refractivity contribution in [2.24, 2.45) is 0 Å². The molecule has 0 saturated carbocycles. The van der Waals surface area contributed by atoms with Crippen molar-refractivity contribution in [2.45, 2.75) is 57.7 Å². The van der Waals surface area contributed by atoms with Crippen molar-refractivity contribution in [3.8, 4) is 0 Å². The van der Waals surface area contributed by atoms with Gasteiger partial charge in [-0.15, -0.1) is 0 Å². The predicted octanol–water partition coefficient (Wildman–Crippen LogP) is 2.11. The molecule has 10 nitrogen and oxygen atoms in total. The van der Waals surface area contributed by atoms with E-state index in [1.807, 2.05) is 0 Å². The molecule has 10 heteroatoms. The number of nitrogens with one attached hydrogen (secondary N) is 1. The second kappa shape index (κ2) is 8.89. The molecule has 0 spiro atoms. The zero-order valence-electron chi connectivity index (χ0n) is 16.6. The minimum absolute atomic E-state index is 0.0406. The number of hydrogen-bond donors (Lipinski definition) is 2. The second-order valence-electron chi connectivity index (χ2n) is 7.85. The van der Waals surface area contributed by atoms with Crippen molar-refractivity contribution >= 4 is 23.7 Å².